The fraction of sp³-hybridized carbons (Fsp3) is 0.609. The summed E-state index contributed by atoms with van der Waals surface area (Å²) in [6.07, 6.45) is 1.17. The molecule has 37 heavy (non-hydrogen) atoms. The van der Waals surface area contributed by atoms with Gasteiger partial charge in [-0.15, -0.1) is 0 Å². The summed E-state index contributed by atoms with van der Waals surface area (Å²) < 4.78 is 23.0. The van der Waals surface area contributed by atoms with Gasteiger partial charge in [0.25, 0.3) is 0 Å². The topological polar surface area (TPSA) is 207 Å². The summed E-state index contributed by atoms with van der Waals surface area (Å²) in [5.41, 5.74) is 1.47. The Kier molecular flexibility index (Phi) is 9.59. The highest BCUT2D eigenvalue weighted by Gasteiger charge is 2.46. The third kappa shape index (κ3) is 7.43. The van der Waals surface area contributed by atoms with Crippen molar-refractivity contribution in [1.82, 2.24) is 10.4 Å². The number of hydrogen-bond donors (Lipinski definition) is 7. The minimum Gasteiger partial charge on any atom is -0.480 e. The van der Waals surface area contributed by atoms with Gasteiger partial charge in [-0.2, -0.15) is 0 Å². The summed E-state index contributed by atoms with van der Waals surface area (Å²) in [7, 11) is -4.84. The largest absolute Gasteiger partial charge is 0.480 e. The third-order valence-corrected chi connectivity index (χ3v) is 7.36. The third-order valence-electron chi connectivity index (χ3n) is 6.23. The summed E-state index contributed by atoms with van der Waals surface area (Å²) in [5.74, 6) is -2.46. The molecule has 206 valence electrons. The van der Waals surface area contributed by atoms with E-state index in [2.05, 4.69) is 15.4 Å². The summed E-state index contributed by atoms with van der Waals surface area (Å²) in [6, 6.07) is -2.67. The van der Waals surface area contributed by atoms with Gasteiger partial charge in [-0.3, -0.25) is 14.3 Å². The van der Waals surface area contributed by atoms with Gasteiger partial charge in [0.1, 0.15) is 24.4 Å². The van der Waals surface area contributed by atoms with Crippen LogP contribution in [-0.4, -0.2) is 85.7 Å². The number of aliphatic carboxylic acids is 1. The van der Waals surface area contributed by atoms with E-state index in [0.717, 1.165) is 5.71 Å². The van der Waals surface area contributed by atoms with E-state index in [1.807, 2.05) is 24.3 Å². The number of carboxylic acids is 1. The van der Waals surface area contributed by atoms with Gasteiger partial charge in [0.15, 0.2) is 6.29 Å². The molecule has 0 bridgehead atoms. The van der Waals surface area contributed by atoms with Gasteiger partial charge in [-0.05, 0) is 30.9 Å². The van der Waals surface area contributed by atoms with Crippen molar-refractivity contribution >= 4 is 25.3 Å². The lowest BCUT2D eigenvalue weighted by Crippen LogP contribution is -2.57. The first-order valence-corrected chi connectivity index (χ1v) is 13.5. The Hall–Kier alpha value is -2.22. The molecule has 0 radical (unpaired) electrons. The monoisotopic (exact) mass is 543 g/mol. The van der Waals surface area contributed by atoms with E-state index in [0.29, 0.717) is 5.57 Å². The molecule has 0 saturated carbocycles. The highest BCUT2D eigenvalue weighted by atomic mass is 31.2. The molecule has 1 fully saturated rings. The van der Waals surface area contributed by atoms with E-state index in [9.17, 15) is 39.5 Å². The average molecular weight is 544 g/mol. The Morgan fingerprint density at radius 1 is 1.16 bits per heavy atom. The van der Waals surface area contributed by atoms with E-state index in [1.54, 1.807) is 20.0 Å². The highest BCUT2D eigenvalue weighted by molar-refractivity contribution is 7.50. The predicted octanol–water partition coefficient (Wildman–Crippen LogP) is -0.0246. The quantitative estimate of drug-likeness (QED) is 0.172. The van der Waals surface area contributed by atoms with Gasteiger partial charge in [0.05, 0.1) is 17.9 Å². The van der Waals surface area contributed by atoms with Gasteiger partial charge in [0.2, 0.25) is 5.91 Å². The van der Waals surface area contributed by atoms with Gasteiger partial charge in [-0.1, -0.05) is 32.1 Å². The zero-order chi connectivity index (χ0) is 27.5. The van der Waals surface area contributed by atoms with Gasteiger partial charge < -0.3 is 35.4 Å². The first-order valence-electron chi connectivity index (χ1n) is 11.9. The smallest absolute Gasteiger partial charge is 0.406 e. The summed E-state index contributed by atoms with van der Waals surface area (Å²) >= 11 is 0. The molecular formula is C23H34N3O10P. The van der Waals surface area contributed by atoms with Crippen LogP contribution in [0.1, 0.15) is 33.6 Å². The summed E-state index contributed by atoms with van der Waals surface area (Å²) in [4.78, 5) is 39.7. The van der Waals surface area contributed by atoms with Crippen molar-refractivity contribution in [2.75, 3.05) is 0 Å². The second-order valence-electron chi connectivity index (χ2n) is 9.70. The molecule has 0 aromatic rings. The minimum absolute atomic E-state index is 0.0290. The van der Waals surface area contributed by atoms with E-state index in [4.69, 9.17) is 9.26 Å². The first-order chi connectivity index (χ1) is 17.3. The normalized spacial score (nSPS) is 32.2. The molecule has 13 nitrogen and oxygen atoms in total. The molecule has 9 atom stereocenters. The van der Waals surface area contributed by atoms with Crippen LogP contribution in [-0.2, 0) is 23.4 Å². The number of aliphatic hydroxyl groups excluding tert-OH is 3. The molecule has 1 aliphatic carbocycles. The molecular weight excluding hydrogens is 509 g/mol. The highest BCUT2D eigenvalue weighted by Crippen LogP contribution is 2.42. The molecule has 0 aromatic heterocycles. The van der Waals surface area contributed by atoms with Gasteiger partial charge in [-0.25, -0.2) is 14.4 Å². The van der Waals surface area contributed by atoms with E-state index >= 15 is 0 Å². The summed E-state index contributed by atoms with van der Waals surface area (Å²) in [5, 5.41) is 44.2. The van der Waals surface area contributed by atoms with Crippen molar-refractivity contribution in [1.29, 1.82) is 0 Å². The number of ether oxygens (including phenoxy) is 1. The Bertz CT molecular complexity index is 1040. The Balaban J connectivity index is 1.68. The van der Waals surface area contributed by atoms with Crippen LogP contribution in [0.5, 0.6) is 0 Å². The van der Waals surface area contributed by atoms with Crippen LogP contribution in [0.25, 0.3) is 0 Å². The van der Waals surface area contributed by atoms with Crippen molar-refractivity contribution in [2.24, 2.45) is 16.8 Å². The number of carbonyl (C=O) groups excluding carboxylic acids is 1. The molecule has 3 aliphatic rings. The zero-order valence-electron chi connectivity index (χ0n) is 20.7. The number of carboxylic acid groups (broad SMARTS) is 1. The SMILES string of the molecule is CC(C)C[C@@H](NP(=O)(O)O[C@H]1O[C@@H](C)[C@H](O)[C@@H](O)[C@@H]1O)C(=O)N[C@H](CC1=CN=C2C=CC=CC12)C(=O)O. The predicted molar refractivity (Wildman–Crippen MR) is 131 cm³/mol. The number of carbonyl (C=O) groups is 2. The lowest BCUT2D eigenvalue weighted by Gasteiger charge is -2.39. The number of aliphatic imine (C=N–C) groups is 1. The van der Waals surface area contributed by atoms with Crippen molar-refractivity contribution in [3.63, 3.8) is 0 Å². The van der Waals surface area contributed by atoms with Gasteiger partial charge in [0, 0.05) is 18.5 Å². The van der Waals surface area contributed by atoms with E-state index in [-0.39, 0.29) is 24.7 Å². The fourth-order valence-electron chi connectivity index (χ4n) is 4.25. The molecule has 0 spiro atoms. The molecule has 14 heteroatoms. The van der Waals surface area contributed by atoms with Crippen LogP contribution < -0.4 is 10.4 Å². The number of allylic oxidation sites excluding steroid dienone is 4. The number of nitrogens with zero attached hydrogens (tertiary/aromatic N) is 1. The molecule has 1 amide bonds. The van der Waals surface area contributed by atoms with Crippen LogP contribution in [0.15, 0.2) is 41.1 Å². The minimum atomic E-state index is -4.84. The Morgan fingerprint density at radius 2 is 1.86 bits per heavy atom. The number of aliphatic hydroxyl groups is 3. The molecule has 3 rings (SSSR count). The summed E-state index contributed by atoms with van der Waals surface area (Å²) in [6.45, 7) is 4.90. The lowest BCUT2D eigenvalue weighted by atomic mass is 9.89. The van der Waals surface area contributed by atoms with Crippen LogP contribution >= 0.6 is 7.75 Å². The van der Waals surface area contributed by atoms with Crippen LogP contribution in [0.3, 0.4) is 0 Å². The van der Waals surface area contributed by atoms with E-state index in [1.165, 1.54) is 6.92 Å². The second kappa shape index (κ2) is 12.1. The molecule has 2 heterocycles. The van der Waals surface area contributed by atoms with Crippen LogP contribution in [0, 0.1) is 11.8 Å². The van der Waals surface area contributed by atoms with Crippen molar-refractivity contribution in [2.45, 2.75) is 76.4 Å². The first kappa shape index (κ1) is 29.3. The fourth-order valence-corrected chi connectivity index (χ4v) is 5.39. The van der Waals surface area contributed by atoms with Crippen molar-refractivity contribution < 1.29 is 48.7 Å². The number of hydrogen-bond acceptors (Lipinski definition) is 9. The zero-order valence-corrected chi connectivity index (χ0v) is 21.6. The van der Waals surface area contributed by atoms with Gasteiger partial charge >= 0.3 is 13.7 Å². The number of rotatable bonds is 11. The molecule has 7 N–H and O–H groups in total. The number of amides is 1. The van der Waals surface area contributed by atoms with Crippen molar-refractivity contribution in [3.05, 3.63) is 36.1 Å². The maximum atomic E-state index is 13.1. The second-order valence-corrected chi connectivity index (χ2v) is 11.2. The van der Waals surface area contributed by atoms with Crippen LogP contribution in [0.2, 0.25) is 0 Å². The van der Waals surface area contributed by atoms with Crippen molar-refractivity contribution in [3.8, 4) is 0 Å². The standard InChI is InChI=1S/C23H34N3O10P/c1-11(2)8-16(26-37(33,34)36-23-20(29)19(28)18(27)12(3)35-23)21(30)25-17(22(31)32)9-13-10-24-15-7-5-4-6-14(13)15/h4-7,10-12,14,16-20,23,27-29H,8-9H2,1-3H3,(H,25,30)(H,31,32)(H2,26,33,34)/t12-,14?,16+,17+,18-,19+,20-,23+/m0/s1. The van der Waals surface area contributed by atoms with Crippen LogP contribution in [0.4, 0.5) is 0 Å². The Labute approximate surface area is 214 Å². The van der Waals surface area contributed by atoms with E-state index < -0.39 is 62.4 Å². The molecule has 1 saturated heterocycles. The molecule has 2 unspecified atom stereocenters. The molecule has 0 aromatic carbocycles. The number of fused-ring (bicyclic) bond motifs is 1. The maximum absolute atomic E-state index is 13.1. The Morgan fingerprint density at radius 3 is 2.51 bits per heavy atom. The lowest BCUT2D eigenvalue weighted by molar-refractivity contribution is -0.270. The average Bonchev–Trinajstić information content (AvgIpc) is 3.22. The molecule has 2 aliphatic heterocycles. The maximum Gasteiger partial charge on any atom is 0.406 e. The number of nitrogens with one attached hydrogen (secondary N) is 2.